The highest BCUT2D eigenvalue weighted by atomic mass is 35.5. The first-order chi connectivity index (χ1) is 6.27. The first kappa shape index (κ1) is 9.31. The van der Waals surface area contributed by atoms with Crippen molar-refractivity contribution < 1.29 is 4.74 Å². The molecular weight excluding hydrogens is 190 g/mol. The van der Waals surface area contributed by atoms with Gasteiger partial charge in [0.2, 0.25) is 11.2 Å². The molecule has 4 nitrogen and oxygen atoms in total. The van der Waals surface area contributed by atoms with E-state index in [4.69, 9.17) is 21.6 Å². The Morgan fingerprint density at radius 2 is 2.38 bits per heavy atom. The van der Waals surface area contributed by atoms with E-state index in [1.54, 1.807) is 6.07 Å². The fourth-order valence-electron chi connectivity index (χ4n) is 0.683. The third-order valence-corrected chi connectivity index (χ3v) is 1.35. The molecule has 0 amide bonds. The molecule has 0 aliphatic carbocycles. The molecule has 0 spiro atoms. The van der Waals surface area contributed by atoms with Gasteiger partial charge in [0.15, 0.2) is 6.07 Å². The SMILES string of the molecule is COc1nc(Cl)ncc1C#CC#N. The summed E-state index contributed by atoms with van der Waals surface area (Å²) in [4.78, 5) is 7.47. The van der Waals surface area contributed by atoms with Gasteiger partial charge in [0.05, 0.1) is 13.3 Å². The monoisotopic (exact) mass is 193 g/mol. The molecule has 1 heterocycles. The maximum atomic E-state index is 8.21. The normalized spacial score (nSPS) is 8.08. The van der Waals surface area contributed by atoms with Crippen LogP contribution in [-0.4, -0.2) is 17.1 Å². The van der Waals surface area contributed by atoms with Crippen LogP contribution in [0.5, 0.6) is 5.88 Å². The molecule has 0 saturated carbocycles. The second-order valence-corrected chi connectivity index (χ2v) is 2.26. The quantitative estimate of drug-likeness (QED) is 0.494. The standard InChI is InChI=1S/C8H4ClN3O/c1-13-7-6(3-2-4-10)5-11-8(9)12-7/h5H,1H3. The van der Waals surface area contributed by atoms with Gasteiger partial charge in [0.1, 0.15) is 5.56 Å². The zero-order valence-electron chi connectivity index (χ0n) is 6.71. The minimum absolute atomic E-state index is 0.0827. The molecular formula is C8H4ClN3O. The Morgan fingerprint density at radius 3 is 3.00 bits per heavy atom. The highest BCUT2D eigenvalue weighted by Crippen LogP contribution is 2.14. The summed E-state index contributed by atoms with van der Waals surface area (Å²) in [6, 6.07) is 1.68. The molecule has 0 unspecified atom stereocenters. The van der Waals surface area contributed by atoms with E-state index in [2.05, 4.69) is 21.8 Å². The van der Waals surface area contributed by atoms with Crippen molar-refractivity contribution >= 4 is 11.6 Å². The van der Waals surface area contributed by atoms with Gasteiger partial charge >= 0.3 is 0 Å². The van der Waals surface area contributed by atoms with Gasteiger partial charge in [0, 0.05) is 5.92 Å². The second kappa shape index (κ2) is 4.30. The number of methoxy groups -OCH3 is 1. The fraction of sp³-hybridized carbons (Fsp3) is 0.125. The first-order valence-corrected chi connectivity index (χ1v) is 3.62. The Balaban J connectivity index is 3.15. The van der Waals surface area contributed by atoms with Crippen LogP contribution in [0.3, 0.4) is 0 Å². The van der Waals surface area contributed by atoms with Crippen LogP contribution in [0.2, 0.25) is 5.28 Å². The third-order valence-electron chi connectivity index (χ3n) is 1.17. The molecule has 0 aliphatic rings. The molecule has 0 N–H and O–H groups in total. The van der Waals surface area contributed by atoms with E-state index in [0.29, 0.717) is 5.56 Å². The maximum absolute atomic E-state index is 8.21. The van der Waals surface area contributed by atoms with E-state index < -0.39 is 0 Å². The number of aromatic nitrogens is 2. The molecule has 1 aromatic rings. The summed E-state index contributed by atoms with van der Waals surface area (Å²) in [6.45, 7) is 0. The van der Waals surface area contributed by atoms with Crippen LogP contribution in [0.4, 0.5) is 0 Å². The van der Waals surface area contributed by atoms with Crippen molar-refractivity contribution in [1.29, 1.82) is 5.26 Å². The van der Waals surface area contributed by atoms with Gasteiger partial charge in [-0.15, -0.1) is 0 Å². The Bertz CT molecular complexity index is 414. The molecule has 0 aromatic carbocycles. The molecule has 0 fully saturated rings. The minimum atomic E-state index is 0.0827. The zero-order chi connectivity index (χ0) is 9.68. The number of rotatable bonds is 1. The summed E-state index contributed by atoms with van der Waals surface area (Å²) >= 11 is 5.51. The third kappa shape index (κ3) is 2.33. The summed E-state index contributed by atoms with van der Waals surface area (Å²) in [7, 11) is 1.44. The number of nitrogens with zero attached hydrogens (tertiary/aromatic N) is 3. The molecule has 64 valence electrons. The predicted octanol–water partition coefficient (Wildman–Crippen LogP) is 1.01. The van der Waals surface area contributed by atoms with Gasteiger partial charge in [-0.05, 0) is 17.5 Å². The summed E-state index contributed by atoms with van der Waals surface area (Å²) < 4.78 is 4.88. The molecule has 1 aromatic heterocycles. The van der Waals surface area contributed by atoms with Crippen molar-refractivity contribution in [3.63, 3.8) is 0 Å². The lowest BCUT2D eigenvalue weighted by molar-refractivity contribution is 0.395. The van der Waals surface area contributed by atoms with Crippen LogP contribution in [0.1, 0.15) is 5.56 Å². The summed E-state index contributed by atoms with van der Waals surface area (Å²) in [5.41, 5.74) is 0.438. The van der Waals surface area contributed by atoms with Crippen molar-refractivity contribution in [2.24, 2.45) is 0 Å². The van der Waals surface area contributed by atoms with E-state index in [9.17, 15) is 0 Å². The van der Waals surface area contributed by atoms with Crippen LogP contribution < -0.4 is 4.74 Å². The lowest BCUT2D eigenvalue weighted by Gasteiger charge is -1.99. The van der Waals surface area contributed by atoms with Crippen LogP contribution >= 0.6 is 11.6 Å². The minimum Gasteiger partial charge on any atom is -0.480 e. The number of nitriles is 1. The van der Waals surface area contributed by atoms with Crippen molar-refractivity contribution in [3.05, 3.63) is 17.0 Å². The lowest BCUT2D eigenvalue weighted by Crippen LogP contribution is -1.93. The average Bonchev–Trinajstić information content (AvgIpc) is 2.16. The summed E-state index contributed by atoms with van der Waals surface area (Å²) in [6.07, 6.45) is 1.40. The van der Waals surface area contributed by atoms with Crippen molar-refractivity contribution in [2.75, 3.05) is 7.11 Å². The Morgan fingerprint density at radius 1 is 1.62 bits per heavy atom. The average molecular weight is 194 g/mol. The van der Waals surface area contributed by atoms with Crippen LogP contribution in [-0.2, 0) is 0 Å². The van der Waals surface area contributed by atoms with E-state index in [-0.39, 0.29) is 11.2 Å². The Labute approximate surface area is 80.1 Å². The smallest absolute Gasteiger partial charge is 0.233 e. The highest BCUT2D eigenvalue weighted by Gasteiger charge is 2.02. The number of hydrogen-bond acceptors (Lipinski definition) is 4. The largest absolute Gasteiger partial charge is 0.480 e. The summed E-state index contributed by atoms with van der Waals surface area (Å²) in [5, 5.41) is 8.30. The van der Waals surface area contributed by atoms with Crippen LogP contribution in [0, 0.1) is 23.2 Å². The van der Waals surface area contributed by atoms with Gasteiger partial charge in [-0.3, -0.25) is 0 Å². The topological polar surface area (TPSA) is 58.8 Å². The van der Waals surface area contributed by atoms with Crippen molar-refractivity contribution in [3.8, 4) is 23.8 Å². The number of hydrogen-bond donors (Lipinski definition) is 0. The second-order valence-electron chi connectivity index (χ2n) is 1.92. The fourth-order valence-corrected chi connectivity index (χ4v) is 0.808. The van der Waals surface area contributed by atoms with E-state index >= 15 is 0 Å². The van der Waals surface area contributed by atoms with Gasteiger partial charge in [-0.25, -0.2) is 4.98 Å². The molecule has 13 heavy (non-hydrogen) atoms. The van der Waals surface area contributed by atoms with E-state index in [1.807, 2.05) is 0 Å². The van der Waals surface area contributed by atoms with Gasteiger partial charge in [-0.1, -0.05) is 0 Å². The molecule has 0 atom stereocenters. The highest BCUT2D eigenvalue weighted by molar-refractivity contribution is 6.28. The van der Waals surface area contributed by atoms with Crippen molar-refractivity contribution in [2.45, 2.75) is 0 Å². The van der Waals surface area contributed by atoms with Gasteiger partial charge in [-0.2, -0.15) is 10.2 Å². The number of halogens is 1. The van der Waals surface area contributed by atoms with E-state index in [1.165, 1.54) is 13.3 Å². The number of ether oxygens (including phenoxy) is 1. The van der Waals surface area contributed by atoms with Gasteiger partial charge < -0.3 is 4.74 Å². The van der Waals surface area contributed by atoms with Crippen molar-refractivity contribution in [1.82, 2.24) is 9.97 Å². The predicted molar refractivity (Wildman–Crippen MR) is 46.1 cm³/mol. The molecule has 0 bridgehead atoms. The lowest BCUT2D eigenvalue weighted by atomic mass is 10.3. The first-order valence-electron chi connectivity index (χ1n) is 3.24. The molecule has 0 aliphatic heterocycles. The Hall–Kier alpha value is -1.78. The molecule has 0 radical (unpaired) electrons. The van der Waals surface area contributed by atoms with Gasteiger partial charge in [0.25, 0.3) is 0 Å². The molecule has 0 saturated heterocycles. The Kier molecular flexibility index (Phi) is 3.08. The van der Waals surface area contributed by atoms with E-state index in [0.717, 1.165) is 0 Å². The molecule has 1 rings (SSSR count). The zero-order valence-corrected chi connectivity index (χ0v) is 7.46. The maximum Gasteiger partial charge on any atom is 0.233 e. The van der Waals surface area contributed by atoms with Crippen LogP contribution in [0.15, 0.2) is 6.20 Å². The van der Waals surface area contributed by atoms with Crippen LogP contribution in [0.25, 0.3) is 0 Å². The summed E-state index contributed by atoms with van der Waals surface area (Å²) in [5.74, 6) is 5.00. The molecule has 5 heteroatoms.